The van der Waals surface area contributed by atoms with Crippen LogP contribution in [-0.2, 0) is 9.53 Å². The second kappa shape index (κ2) is 7.76. The Balaban J connectivity index is 1.74. The molecule has 0 spiro atoms. The van der Waals surface area contributed by atoms with Crippen LogP contribution in [0.3, 0.4) is 0 Å². The van der Waals surface area contributed by atoms with Gasteiger partial charge < -0.3 is 18.9 Å². The normalized spacial score (nSPS) is 14.4. The molecule has 0 aromatic heterocycles. The second-order valence-electron chi connectivity index (χ2n) is 6.70. The van der Waals surface area contributed by atoms with Crippen molar-refractivity contribution in [2.24, 2.45) is 0 Å². The van der Waals surface area contributed by atoms with Crippen LogP contribution in [0.25, 0.3) is 6.08 Å². The summed E-state index contributed by atoms with van der Waals surface area (Å²) in [6, 6.07) is 12.1. The predicted molar refractivity (Wildman–Crippen MR) is 104 cm³/mol. The van der Waals surface area contributed by atoms with Crippen molar-refractivity contribution in [1.29, 1.82) is 0 Å². The highest BCUT2D eigenvalue weighted by Crippen LogP contribution is 2.34. The van der Waals surface area contributed by atoms with Crippen LogP contribution in [-0.4, -0.2) is 31.1 Å². The lowest BCUT2D eigenvalue weighted by Crippen LogP contribution is -2.39. The number of Topliss-reactive ketones (excluding diaryl/α,β-unsaturated/α-hetero) is 1. The van der Waals surface area contributed by atoms with Crippen molar-refractivity contribution in [3.8, 4) is 17.2 Å². The Hall–Kier alpha value is -3.28. The average Bonchev–Trinajstić information content (AvgIpc) is 2.98. The summed E-state index contributed by atoms with van der Waals surface area (Å²) >= 11 is 0. The van der Waals surface area contributed by atoms with Crippen molar-refractivity contribution >= 4 is 17.8 Å². The highest BCUT2D eigenvalue weighted by molar-refractivity contribution is 6.14. The Bertz CT molecular complexity index is 925. The van der Waals surface area contributed by atoms with E-state index in [2.05, 4.69) is 0 Å². The van der Waals surface area contributed by atoms with Crippen molar-refractivity contribution in [3.05, 3.63) is 59.4 Å². The number of ether oxygens (including phenoxy) is 4. The lowest BCUT2D eigenvalue weighted by molar-refractivity contribution is -0.158. The smallest absolute Gasteiger partial charge is 0.349 e. The quantitative estimate of drug-likeness (QED) is 0.555. The first-order chi connectivity index (χ1) is 13.3. The van der Waals surface area contributed by atoms with E-state index in [0.29, 0.717) is 29.4 Å². The maximum absolute atomic E-state index is 12.5. The molecule has 0 N–H and O–H groups in total. The van der Waals surface area contributed by atoms with E-state index in [1.165, 1.54) is 0 Å². The molecule has 2 aromatic carbocycles. The summed E-state index contributed by atoms with van der Waals surface area (Å²) in [6.07, 6.45) is 1.66. The fourth-order valence-corrected chi connectivity index (χ4v) is 2.72. The Labute approximate surface area is 163 Å². The number of carbonyl (C=O) groups is 2. The number of methoxy groups -OCH3 is 1. The van der Waals surface area contributed by atoms with Crippen LogP contribution < -0.4 is 14.2 Å². The number of ketones is 1. The van der Waals surface area contributed by atoms with E-state index in [1.54, 1.807) is 76.4 Å². The molecule has 0 bridgehead atoms. The summed E-state index contributed by atoms with van der Waals surface area (Å²) in [5.41, 5.74) is 0.146. The molecule has 2 aromatic rings. The summed E-state index contributed by atoms with van der Waals surface area (Å²) in [6.45, 7) is 5.34. The van der Waals surface area contributed by atoms with E-state index in [0.717, 1.165) is 5.56 Å². The third-order valence-electron chi connectivity index (χ3n) is 4.19. The largest absolute Gasteiger partial charge is 0.497 e. The van der Waals surface area contributed by atoms with Gasteiger partial charge in [-0.25, -0.2) is 4.79 Å². The minimum Gasteiger partial charge on any atom is -0.497 e. The molecule has 0 atom stereocenters. The number of rotatable bonds is 6. The van der Waals surface area contributed by atoms with Crippen molar-refractivity contribution in [2.75, 3.05) is 13.7 Å². The topological polar surface area (TPSA) is 71.1 Å². The van der Waals surface area contributed by atoms with Crippen LogP contribution in [0.15, 0.2) is 48.2 Å². The zero-order chi connectivity index (χ0) is 20.3. The van der Waals surface area contributed by atoms with E-state index in [-0.39, 0.29) is 11.5 Å². The van der Waals surface area contributed by atoms with Crippen LogP contribution in [0.5, 0.6) is 17.2 Å². The van der Waals surface area contributed by atoms with Crippen molar-refractivity contribution < 1.29 is 28.5 Å². The first-order valence-electron chi connectivity index (χ1n) is 8.92. The molecule has 0 amide bonds. The summed E-state index contributed by atoms with van der Waals surface area (Å²) in [5.74, 6) is 1.24. The Morgan fingerprint density at radius 3 is 2.43 bits per heavy atom. The molecule has 6 nitrogen and oxygen atoms in total. The van der Waals surface area contributed by atoms with Crippen molar-refractivity contribution in [2.45, 2.75) is 26.4 Å². The van der Waals surface area contributed by atoms with Crippen molar-refractivity contribution in [1.82, 2.24) is 0 Å². The van der Waals surface area contributed by atoms with Gasteiger partial charge in [-0.2, -0.15) is 0 Å². The SMILES string of the molecule is CCOC(=O)C(C)(C)Oc1ccc(/C=C2/Oc3ccc(OC)cc3C2=O)cc1. The highest BCUT2D eigenvalue weighted by atomic mass is 16.6. The van der Waals surface area contributed by atoms with E-state index in [4.69, 9.17) is 18.9 Å². The number of hydrogen-bond acceptors (Lipinski definition) is 6. The van der Waals surface area contributed by atoms with Gasteiger partial charge in [0, 0.05) is 0 Å². The molecule has 28 heavy (non-hydrogen) atoms. The molecule has 0 radical (unpaired) electrons. The lowest BCUT2D eigenvalue weighted by atomic mass is 10.1. The van der Waals surface area contributed by atoms with Crippen LogP contribution in [0, 0.1) is 0 Å². The van der Waals surface area contributed by atoms with Crippen LogP contribution in [0.2, 0.25) is 0 Å². The standard InChI is InChI=1S/C22H22O6/c1-5-26-21(24)22(2,3)28-15-8-6-14(7-9-15)12-19-20(23)17-13-16(25-4)10-11-18(17)27-19/h6-13H,5H2,1-4H3/b19-12+. The van der Waals surface area contributed by atoms with Crippen LogP contribution in [0.4, 0.5) is 0 Å². The molecular formula is C22H22O6. The van der Waals surface area contributed by atoms with Gasteiger partial charge in [-0.05, 0) is 62.7 Å². The number of allylic oxidation sites excluding steroid dienone is 1. The number of benzene rings is 2. The second-order valence-corrected chi connectivity index (χ2v) is 6.70. The highest BCUT2D eigenvalue weighted by Gasteiger charge is 2.31. The summed E-state index contributed by atoms with van der Waals surface area (Å²) in [5, 5.41) is 0. The Kier molecular flexibility index (Phi) is 5.40. The lowest BCUT2D eigenvalue weighted by Gasteiger charge is -2.24. The molecule has 0 unspecified atom stereocenters. The van der Waals surface area contributed by atoms with Crippen LogP contribution >= 0.6 is 0 Å². The number of carbonyl (C=O) groups excluding carboxylic acids is 2. The minimum absolute atomic E-state index is 0.197. The molecule has 1 heterocycles. The number of fused-ring (bicyclic) bond motifs is 1. The van der Waals surface area contributed by atoms with Gasteiger partial charge in [-0.1, -0.05) is 12.1 Å². The molecule has 1 aliphatic rings. The molecule has 0 aliphatic carbocycles. The summed E-state index contributed by atoms with van der Waals surface area (Å²) in [4.78, 5) is 24.5. The summed E-state index contributed by atoms with van der Waals surface area (Å²) in [7, 11) is 1.55. The molecular weight excluding hydrogens is 360 g/mol. The van der Waals surface area contributed by atoms with Gasteiger partial charge in [-0.3, -0.25) is 4.79 Å². The number of esters is 1. The average molecular weight is 382 g/mol. The molecule has 1 aliphatic heterocycles. The monoisotopic (exact) mass is 382 g/mol. The van der Waals surface area contributed by atoms with Gasteiger partial charge in [0.05, 0.1) is 19.3 Å². The zero-order valence-electron chi connectivity index (χ0n) is 16.3. The fraction of sp³-hybridized carbons (Fsp3) is 0.273. The number of hydrogen-bond donors (Lipinski definition) is 0. The molecule has 0 fully saturated rings. The van der Waals surface area contributed by atoms with Gasteiger partial charge in [0.1, 0.15) is 17.2 Å². The zero-order valence-corrected chi connectivity index (χ0v) is 16.3. The maximum atomic E-state index is 12.5. The van der Waals surface area contributed by atoms with Gasteiger partial charge in [0.25, 0.3) is 0 Å². The molecule has 3 rings (SSSR count). The van der Waals surface area contributed by atoms with E-state index >= 15 is 0 Å². The van der Waals surface area contributed by atoms with Gasteiger partial charge in [-0.15, -0.1) is 0 Å². The van der Waals surface area contributed by atoms with Gasteiger partial charge in [0.2, 0.25) is 5.78 Å². The first kappa shape index (κ1) is 19.5. The van der Waals surface area contributed by atoms with Gasteiger partial charge in [0.15, 0.2) is 11.4 Å². The van der Waals surface area contributed by atoms with E-state index in [9.17, 15) is 9.59 Å². The van der Waals surface area contributed by atoms with E-state index < -0.39 is 11.6 Å². The third kappa shape index (κ3) is 4.01. The Morgan fingerprint density at radius 2 is 1.79 bits per heavy atom. The van der Waals surface area contributed by atoms with Crippen LogP contribution in [0.1, 0.15) is 36.7 Å². The molecule has 0 saturated carbocycles. The molecule has 146 valence electrons. The fourth-order valence-electron chi connectivity index (χ4n) is 2.72. The van der Waals surface area contributed by atoms with E-state index in [1.807, 2.05) is 0 Å². The summed E-state index contributed by atoms with van der Waals surface area (Å²) < 4.78 is 21.6. The first-order valence-corrected chi connectivity index (χ1v) is 8.92. The third-order valence-corrected chi connectivity index (χ3v) is 4.19. The maximum Gasteiger partial charge on any atom is 0.349 e. The minimum atomic E-state index is -1.10. The van der Waals surface area contributed by atoms with Gasteiger partial charge >= 0.3 is 5.97 Å². The predicted octanol–water partition coefficient (Wildman–Crippen LogP) is 4.03. The molecule has 0 saturated heterocycles. The van der Waals surface area contributed by atoms with Crippen molar-refractivity contribution in [3.63, 3.8) is 0 Å². The Morgan fingerprint density at radius 1 is 1.11 bits per heavy atom. The molecule has 6 heteroatoms.